The van der Waals surface area contributed by atoms with E-state index in [4.69, 9.17) is 4.74 Å². The first-order valence-electron chi connectivity index (χ1n) is 9.27. The Labute approximate surface area is 154 Å². The third-order valence-electron chi connectivity index (χ3n) is 4.81. The molecule has 0 bridgehead atoms. The van der Waals surface area contributed by atoms with Crippen molar-refractivity contribution in [2.24, 2.45) is 0 Å². The quantitative estimate of drug-likeness (QED) is 0.826. The summed E-state index contributed by atoms with van der Waals surface area (Å²) in [6.07, 6.45) is 0.461. The van der Waals surface area contributed by atoms with Crippen molar-refractivity contribution in [1.82, 2.24) is 4.90 Å². The van der Waals surface area contributed by atoms with Gasteiger partial charge in [-0.3, -0.25) is 4.90 Å². The first kappa shape index (κ1) is 18.7. The molecule has 0 radical (unpaired) electrons. The summed E-state index contributed by atoms with van der Waals surface area (Å²) in [4.78, 5) is 4.26. The van der Waals surface area contributed by atoms with Crippen LogP contribution >= 0.6 is 0 Å². The number of piperazine rings is 1. The van der Waals surface area contributed by atoms with Crippen LogP contribution < -0.4 is 9.64 Å². The van der Waals surface area contributed by atoms with Crippen LogP contribution in [0.3, 0.4) is 0 Å². The Balaban J connectivity index is 1.41. The molecule has 1 atom stereocenters. The predicted molar refractivity (Wildman–Crippen MR) is 102 cm³/mol. The van der Waals surface area contributed by atoms with Gasteiger partial charge in [-0.1, -0.05) is 31.2 Å². The summed E-state index contributed by atoms with van der Waals surface area (Å²) >= 11 is 0. The molecule has 0 unspecified atom stereocenters. The molecule has 1 aliphatic rings. The number of halogens is 1. The summed E-state index contributed by atoms with van der Waals surface area (Å²) in [5.74, 6) is 0.606. The number of β-amino-alcohol motifs (C(OH)–C–C–N with tert-alkyl or cyclic N) is 1. The summed E-state index contributed by atoms with van der Waals surface area (Å²) in [6, 6.07) is 14.9. The van der Waals surface area contributed by atoms with Gasteiger partial charge in [-0.05, 0) is 36.2 Å². The van der Waals surface area contributed by atoms with Gasteiger partial charge in [-0.2, -0.15) is 0 Å². The van der Waals surface area contributed by atoms with Crippen LogP contribution in [0.25, 0.3) is 0 Å². The molecule has 4 nitrogen and oxygen atoms in total. The van der Waals surface area contributed by atoms with Gasteiger partial charge in [-0.15, -0.1) is 0 Å². The SMILES string of the molecule is CCc1ccc(OC[C@@H](O)CN2CCN(c3ccccc3F)CC2)cc1. The van der Waals surface area contributed by atoms with Gasteiger partial charge in [0.25, 0.3) is 0 Å². The zero-order valence-corrected chi connectivity index (χ0v) is 15.3. The van der Waals surface area contributed by atoms with Crippen molar-refractivity contribution >= 4 is 5.69 Å². The van der Waals surface area contributed by atoms with E-state index in [-0.39, 0.29) is 12.4 Å². The Hall–Kier alpha value is -2.11. The number of aryl methyl sites for hydroxylation is 1. The van der Waals surface area contributed by atoms with Crippen molar-refractivity contribution in [1.29, 1.82) is 0 Å². The normalized spacial score (nSPS) is 16.5. The molecule has 0 aliphatic carbocycles. The number of nitrogens with zero attached hydrogens (tertiary/aromatic N) is 2. The maximum absolute atomic E-state index is 13.9. The van der Waals surface area contributed by atoms with Gasteiger partial charge in [0, 0.05) is 32.7 Å². The number of hydrogen-bond donors (Lipinski definition) is 1. The minimum atomic E-state index is -0.541. The second-order valence-corrected chi connectivity index (χ2v) is 6.70. The molecular formula is C21H27FN2O2. The molecule has 5 heteroatoms. The van der Waals surface area contributed by atoms with Crippen LogP contribution in [-0.4, -0.2) is 55.4 Å². The van der Waals surface area contributed by atoms with E-state index in [9.17, 15) is 9.50 Å². The summed E-state index contributed by atoms with van der Waals surface area (Å²) in [6.45, 7) is 6.08. The lowest BCUT2D eigenvalue weighted by molar-refractivity contribution is 0.0662. The van der Waals surface area contributed by atoms with E-state index in [2.05, 4.69) is 16.7 Å². The average Bonchev–Trinajstić information content (AvgIpc) is 2.68. The predicted octanol–water partition coefficient (Wildman–Crippen LogP) is 2.95. The van der Waals surface area contributed by atoms with E-state index in [1.54, 1.807) is 6.07 Å². The van der Waals surface area contributed by atoms with E-state index >= 15 is 0 Å². The molecule has 0 amide bonds. The molecule has 1 fully saturated rings. The molecule has 2 aromatic carbocycles. The highest BCUT2D eigenvalue weighted by molar-refractivity contribution is 5.48. The van der Waals surface area contributed by atoms with E-state index in [0.29, 0.717) is 12.2 Å². The zero-order chi connectivity index (χ0) is 18.4. The molecule has 140 valence electrons. The molecule has 1 N–H and O–H groups in total. The molecule has 2 aromatic rings. The summed E-state index contributed by atoms with van der Waals surface area (Å²) in [7, 11) is 0. The Kier molecular flexibility index (Phi) is 6.47. The molecule has 1 heterocycles. The topological polar surface area (TPSA) is 35.9 Å². The van der Waals surface area contributed by atoms with E-state index in [1.807, 2.05) is 36.4 Å². The highest BCUT2D eigenvalue weighted by atomic mass is 19.1. The summed E-state index contributed by atoms with van der Waals surface area (Å²) in [5, 5.41) is 10.3. The molecular weight excluding hydrogens is 331 g/mol. The largest absolute Gasteiger partial charge is 0.491 e. The van der Waals surface area contributed by atoms with Crippen molar-refractivity contribution in [3.8, 4) is 5.75 Å². The number of ether oxygens (including phenoxy) is 1. The van der Waals surface area contributed by atoms with Crippen molar-refractivity contribution in [3.05, 3.63) is 59.9 Å². The van der Waals surface area contributed by atoms with Crippen molar-refractivity contribution in [3.63, 3.8) is 0 Å². The smallest absolute Gasteiger partial charge is 0.146 e. The van der Waals surface area contributed by atoms with Gasteiger partial charge in [-0.25, -0.2) is 4.39 Å². The maximum Gasteiger partial charge on any atom is 0.146 e. The third-order valence-corrected chi connectivity index (χ3v) is 4.81. The van der Waals surface area contributed by atoms with Crippen LogP contribution in [0.15, 0.2) is 48.5 Å². The second-order valence-electron chi connectivity index (χ2n) is 6.70. The monoisotopic (exact) mass is 358 g/mol. The van der Waals surface area contributed by atoms with Crippen molar-refractivity contribution < 1.29 is 14.2 Å². The fraction of sp³-hybridized carbons (Fsp3) is 0.429. The van der Waals surface area contributed by atoms with Gasteiger partial charge in [0.1, 0.15) is 24.3 Å². The van der Waals surface area contributed by atoms with Gasteiger partial charge in [0.05, 0.1) is 5.69 Å². The number of hydrogen-bond acceptors (Lipinski definition) is 4. The molecule has 0 spiro atoms. The van der Waals surface area contributed by atoms with Crippen LogP contribution in [0.1, 0.15) is 12.5 Å². The fourth-order valence-corrected chi connectivity index (χ4v) is 3.24. The Morgan fingerprint density at radius 1 is 1.04 bits per heavy atom. The minimum Gasteiger partial charge on any atom is -0.491 e. The molecule has 26 heavy (non-hydrogen) atoms. The van der Waals surface area contributed by atoms with Crippen LogP contribution in [0.2, 0.25) is 0 Å². The molecule has 1 aliphatic heterocycles. The standard InChI is InChI=1S/C21H27FN2O2/c1-2-17-7-9-19(10-8-17)26-16-18(25)15-23-11-13-24(14-12-23)21-6-4-3-5-20(21)22/h3-10,18,25H,2,11-16H2,1H3/t18-/m0/s1. The Morgan fingerprint density at radius 2 is 1.73 bits per heavy atom. The van der Waals surface area contributed by atoms with Crippen LogP contribution in [0.5, 0.6) is 5.75 Å². The highest BCUT2D eigenvalue weighted by Gasteiger charge is 2.21. The zero-order valence-electron chi connectivity index (χ0n) is 15.3. The Bertz CT molecular complexity index is 685. The molecule has 0 saturated carbocycles. The van der Waals surface area contributed by atoms with E-state index < -0.39 is 6.10 Å². The highest BCUT2D eigenvalue weighted by Crippen LogP contribution is 2.20. The number of aliphatic hydroxyl groups is 1. The summed E-state index contributed by atoms with van der Waals surface area (Å²) < 4.78 is 19.6. The van der Waals surface area contributed by atoms with Crippen LogP contribution in [0.4, 0.5) is 10.1 Å². The van der Waals surface area contributed by atoms with Gasteiger partial charge in [0.2, 0.25) is 0 Å². The second kappa shape index (κ2) is 9.01. The first-order chi connectivity index (χ1) is 12.7. The van der Waals surface area contributed by atoms with Gasteiger partial charge < -0.3 is 14.7 Å². The molecule has 3 rings (SSSR count). The first-order valence-corrected chi connectivity index (χ1v) is 9.27. The fourth-order valence-electron chi connectivity index (χ4n) is 3.24. The average molecular weight is 358 g/mol. The number of rotatable bonds is 7. The van der Waals surface area contributed by atoms with Gasteiger partial charge >= 0.3 is 0 Å². The van der Waals surface area contributed by atoms with E-state index in [0.717, 1.165) is 38.3 Å². The third kappa shape index (κ3) is 4.96. The number of benzene rings is 2. The number of aliphatic hydroxyl groups excluding tert-OH is 1. The lowest BCUT2D eigenvalue weighted by atomic mass is 10.2. The van der Waals surface area contributed by atoms with Crippen molar-refractivity contribution in [2.75, 3.05) is 44.2 Å². The van der Waals surface area contributed by atoms with Crippen molar-refractivity contribution in [2.45, 2.75) is 19.4 Å². The number of anilines is 1. The molecule has 0 aromatic heterocycles. The maximum atomic E-state index is 13.9. The lowest BCUT2D eigenvalue weighted by Crippen LogP contribution is -2.49. The van der Waals surface area contributed by atoms with E-state index in [1.165, 1.54) is 11.6 Å². The van der Waals surface area contributed by atoms with Crippen LogP contribution in [0, 0.1) is 5.82 Å². The molecule has 1 saturated heterocycles. The number of para-hydroxylation sites is 1. The van der Waals surface area contributed by atoms with Crippen LogP contribution in [-0.2, 0) is 6.42 Å². The Morgan fingerprint density at radius 3 is 2.38 bits per heavy atom. The van der Waals surface area contributed by atoms with Gasteiger partial charge in [0.15, 0.2) is 0 Å². The lowest BCUT2D eigenvalue weighted by Gasteiger charge is -2.36. The summed E-state index contributed by atoms with van der Waals surface area (Å²) in [5.41, 5.74) is 1.93. The minimum absolute atomic E-state index is 0.177.